The minimum atomic E-state index is -0.343. The van der Waals surface area contributed by atoms with E-state index in [4.69, 9.17) is 9.40 Å². The van der Waals surface area contributed by atoms with Crippen LogP contribution in [0.1, 0.15) is 50.7 Å². The van der Waals surface area contributed by atoms with Crippen LogP contribution in [0.5, 0.6) is 0 Å². The average Bonchev–Trinajstić information content (AvgIpc) is 3.41. The van der Waals surface area contributed by atoms with Gasteiger partial charge < -0.3 is 4.42 Å². The van der Waals surface area contributed by atoms with E-state index in [-0.39, 0.29) is 23.5 Å². The van der Waals surface area contributed by atoms with E-state index in [1.807, 2.05) is 42.5 Å². The largest absolute Gasteiger partial charge is 0.455 e. The lowest BCUT2D eigenvalue weighted by atomic mass is 9.92. The van der Waals surface area contributed by atoms with Gasteiger partial charge in [-0.2, -0.15) is 0 Å². The van der Waals surface area contributed by atoms with Gasteiger partial charge in [-0.1, -0.05) is 52.0 Å². The first-order valence-corrected chi connectivity index (χ1v) is 12.3. The SMILES string of the molecule is CC(C)c1cc(F)cc(C(C)C)c1-n1c(-c2cccc3c2oc2cc(F)ccc23)nc2ccccc21. The Bertz CT molecular complexity index is 1750. The zero-order valence-corrected chi connectivity index (χ0v) is 20.6. The maximum atomic E-state index is 14.8. The van der Waals surface area contributed by atoms with Crippen LogP contribution in [-0.4, -0.2) is 9.55 Å². The number of furan rings is 1. The molecule has 3 nitrogen and oxygen atoms in total. The Kier molecular flexibility index (Phi) is 5.18. The number of rotatable bonds is 4. The molecule has 2 aromatic heterocycles. The zero-order chi connectivity index (χ0) is 25.1. The van der Waals surface area contributed by atoms with Crippen molar-refractivity contribution in [1.82, 2.24) is 9.55 Å². The van der Waals surface area contributed by atoms with E-state index in [2.05, 4.69) is 32.3 Å². The fourth-order valence-corrected chi connectivity index (χ4v) is 5.16. The van der Waals surface area contributed by atoms with Gasteiger partial charge in [-0.3, -0.25) is 4.57 Å². The van der Waals surface area contributed by atoms with E-state index < -0.39 is 0 Å². The summed E-state index contributed by atoms with van der Waals surface area (Å²) in [5.41, 5.74) is 6.49. The summed E-state index contributed by atoms with van der Waals surface area (Å²) >= 11 is 0. The second-order valence-electron chi connectivity index (χ2n) is 9.93. The maximum Gasteiger partial charge on any atom is 0.149 e. The Labute approximate surface area is 208 Å². The van der Waals surface area contributed by atoms with E-state index in [9.17, 15) is 8.78 Å². The van der Waals surface area contributed by atoms with E-state index in [1.54, 1.807) is 18.2 Å². The molecule has 180 valence electrons. The van der Waals surface area contributed by atoms with Gasteiger partial charge in [0, 0.05) is 16.8 Å². The lowest BCUT2D eigenvalue weighted by molar-refractivity contribution is 0.616. The average molecular weight is 481 g/mol. The maximum absolute atomic E-state index is 14.8. The van der Waals surface area contributed by atoms with Crippen LogP contribution < -0.4 is 0 Å². The predicted molar refractivity (Wildman–Crippen MR) is 142 cm³/mol. The minimum Gasteiger partial charge on any atom is -0.455 e. The molecule has 0 aliphatic rings. The molecule has 0 bridgehead atoms. The number of hydrogen-bond acceptors (Lipinski definition) is 2. The molecule has 0 spiro atoms. The molecule has 6 aromatic rings. The van der Waals surface area contributed by atoms with Crippen molar-refractivity contribution in [2.45, 2.75) is 39.5 Å². The van der Waals surface area contributed by atoms with E-state index >= 15 is 0 Å². The number of para-hydroxylation sites is 3. The van der Waals surface area contributed by atoms with Crippen LogP contribution in [0.3, 0.4) is 0 Å². The first kappa shape index (κ1) is 22.5. The Morgan fingerprint density at radius 1 is 0.750 bits per heavy atom. The summed E-state index contributed by atoms with van der Waals surface area (Å²) in [6.07, 6.45) is 0. The Morgan fingerprint density at radius 2 is 1.47 bits per heavy atom. The van der Waals surface area contributed by atoms with E-state index in [0.29, 0.717) is 17.0 Å². The Balaban J connectivity index is 1.77. The fraction of sp³-hybridized carbons (Fsp3) is 0.194. The van der Waals surface area contributed by atoms with Crippen molar-refractivity contribution in [2.24, 2.45) is 0 Å². The van der Waals surface area contributed by atoms with Gasteiger partial charge in [0.25, 0.3) is 0 Å². The van der Waals surface area contributed by atoms with Crippen molar-refractivity contribution in [1.29, 1.82) is 0 Å². The van der Waals surface area contributed by atoms with Crippen LogP contribution in [0.4, 0.5) is 8.78 Å². The molecule has 0 atom stereocenters. The molecule has 4 aromatic carbocycles. The van der Waals surface area contributed by atoms with Gasteiger partial charge in [-0.15, -0.1) is 0 Å². The second-order valence-corrected chi connectivity index (χ2v) is 9.93. The summed E-state index contributed by atoms with van der Waals surface area (Å²) in [7, 11) is 0. The van der Waals surface area contributed by atoms with Gasteiger partial charge >= 0.3 is 0 Å². The highest BCUT2D eigenvalue weighted by Crippen LogP contribution is 2.41. The smallest absolute Gasteiger partial charge is 0.149 e. The van der Waals surface area contributed by atoms with Crippen LogP contribution in [0.15, 0.2) is 77.2 Å². The van der Waals surface area contributed by atoms with E-state index in [0.717, 1.165) is 44.2 Å². The van der Waals surface area contributed by atoms with Crippen molar-refractivity contribution in [3.05, 3.63) is 95.6 Å². The molecular weight excluding hydrogens is 454 g/mol. The number of benzene rings is 4. The van der Waals surface area contributed by atoms with Gasteiger partial charge in [0.05, 0.1) is 22.3 Å². The standard InChI is InChI=1S/C31H26F2N2O/c1-17(2)24-14-20(33)15-25(18(3)4)29(24)35-27-11-6-5-10-26(27)34-31(35)23-9-7-8-22-21-13-12-19(32)16-28(21)36-30(22)23/h5-18H,1-4H3. The lowest BCUT2D eigenvalue weighted by Crippen LogP contribution is -2.09. The van der Waals surface area contributed by atoms with Crippen LogP contribution in [0, 0.1) is 11.6 Å². The summed E-state index contributed by atoms with van der Waals surface area (Å²) in [4.78, 5) is 5.06. The molecule has 0 saturated carbocycles. The number of fused-ring (bicyclic) bond motifs is 4. The highest BCUT2D eigenvalue weighted by Gasteiger charge is 2.25. The third-order valence-corrected chi connectivity index (χ3v) is 6.86. The van der Waals surface area contributed by atoms with Crippen LogP contribution in [-0.2, 0) is 0 Å². The first-order valence-electron chi connectivity index (χ1n) is 12.3. The van der Waals surface area contributed by atoms with Crippen molar-refractivity contribution in [3.8, 4) is 17.1 Å². The highest BCUT2D eigenvalue weighted by atomic mass is 19.1. The van der Waals surface area contributed by atoms with E-state index in [1.165, 1.54) is 12.1 Å². The topological polar surface area (TPSA) is 31.0 Å². The van der Waals surface area contributed by atoms with Crippen LogP contribution in [0.2, 0.25) is 0 Å². The number of halogens is 2. The lowest BCUT2D eigenvalue weighted by Gasteiger charge is -2.23. The van der Waals surface area contributed by atoms with Gasteiger partial charge in [-0.25, -0.2) is 13.8 Å². The third kappa shape index (κ3) is 3.41. The van der Waals surface area contributed by atoms with Crippen molar-refractivity contribution in [2.75, 3.05) is 0 Å². The highest BCUT2D eigenvalue weighted by molar-refractivity contribution is 6.09. The zero-order valence-electron chi connectivity index (χ0n) is 20.6. The summed E-state index contributed by atoms with van der Waals surface area (Å²) < 4.78 is 37.1. The number of nitrogens with zero attached hydrogens (tertiary/aromatic N) is 2. The molecule has 0 aliphatic carbocycles. The summed E-state index contributed by atoms with van der Waals surface area (Å²) in [6, 6.07) is 21.8. The van der Waals surface area contributed by atoms with Crippen LogP contribution >= 0.6 is 0 Å². The number of imidazole rings is 1. The number of hydrogen-bond donors (Lipinski definition) is 0. The summed E-state index contributed by atoms with van der Waals surface area (Å²) in [5.74, 6) is 0.305. The molecule has 6 rings (SSSR count). The second kappa shape index (κ2) is 8.30. The van der Waals surface area contributed by atoms with Crippen molar-refractivity contribution >= 4 is 33.0 Å². The molecule has 0 N–H and O–H groups in total. The minimum absolute atomic E-state index is 0.0900. The quantitative estimate of drug-likeness (QED) is 0.252. The van der Waals surface area contributed by atoms with Gasteiger partial charge in [0.15, 0.2) is 0 Å². The molecule has 0 saturated heterocycles. The molecule has 0 radical (unpaired) electrons. The summed E-state index contributed by atoms with van der Waals surface area (Å²) in [5, 5.41) is 1.75. The molecule has 2 heterocycles. The molecule has 0 unspecified atom stereocenters. The predicted octanol–water partition coefficient (Wildman–Crippen LogP) is 9.12. The summed E-state index contributed by atoms with van der Waals surface area (Å²) in [6.45, 7) is 8.32. The molecule has 0 fully saturated rings. The Morgan fingerprint density at radius 3 is 2.19 bits per heavy atom. The van der Waals surface area contributed by atoms with Crippen molar-refractivity contribution in [3.63, 3.8) is 0 Å². The molecular formula is C31H26F2N2O. The first-order chi connectivity index (χ1) is 17.3. The Hall–Kier alpha value is -3.99. The molecule has 0 aliphatic heterocycles. The van der Waals surface area contributed by atoms with Gasteiger partial charge in [0.2, 0.25) is 0 Å². The fourth-order valence-electron chi connectivity index (χ4n) is 5.16. The van der Waals surface area contributed by atoms with Gasteiger partial charge in [0.1, 0.15) is 28.6 Å². The molecule has 36 heavy (non-hydrogen) atoms. The number of aromatic nitrogens is 2. The molecule has 0 amide bonds. The monoisotopic (exact) mass is 480 g/mol. The van der Waals surface area contributed by atoms with Gasteiger partial charge in [-0.05, 0) is 65.4 Å². The normalized spacial score (nSPS) is 12.1. The van der Waals surface area contributed by atoms with Crippen molar-refractivity contribution < 1.29 is 13.2 Å². The third-order valence-electron chi connectivity index (χ3n) is 6.86. The molecule has 5 heteroatoms. The van der Waals surface area contributed by atoms with Crippen LogP contribution in [0.25, 0.3) is 50.0 Å².